The van der Waals surface area contributed by atoms with Gasteiger partial charge in [0, 0.05) is 20.1 Å². The molecule has 1 aliphatic rings. The molecule has 0 radical (unpaired) electrons. The molecular formula is C9H15N3O2. The zero-order chi connectivity index (χ0) is 9.97. The minimum atomic E-state index is -0.268. The quantitative estimate of drug-likeness (QED) is 0.750. The van der Waals surface area contributed by atoms with Crippen molar-refractivity contribution in [3.8, 4) is 0 Å². The van der Waals surface area contributed by atoms with Gasteiger partial charge in [-0.2, -0.15) is 4.98 Å². The van der Waals surface area contributed by atoms with E-state index in [1.807, 2.05) is 0 Å². The lowest BCUT2D eigenvalue weighted by Crippen LogP contribution is -2.14. The van der Waals surface area contributed by atoms with Crippen LogP contribution >= 0.6 is 0 Å². The van der Waals surface area contributed by atoms with Gasteiger partial charge in [0.05, 0.1) is 0 Å². The Bertz CT molecular complexity index is 292. The first kappa shape index (κ1) is 9.61. The van der Waals surface area contributed by atoms with Crippen molar-refractivity contribution in [3.63, 3.8) is 0 Å². The first-order valence-corrected chi connectivity index (χ1v) is 4.88. The van der Waals surface area contributed by atoms with Gasteiger partial charge < -0.3 is 15.0 Å². The fraction of sp³-hybridized carbons (Fsp3) is 0.778. The maximum atomic E-state index is 5.49. The van der Waals surface area contributed by atoms with Gasteiger partial charge in [0.15, 0.2) is 5.82 Å². The standard InChI is InChI=1S/C9H15N3O2/c1-13-7(5-10)9-11-8(12-14-9)4-6-2-3-6/h6-7H,2-5,10H2,1H3. The molecule has 0 amide bonds. The lowest BCUT2D eigenvalue weighted by molar-refractivity contribution is 0.0804. The van der Waals surface area contributed by atoms with E-state index in [-0.39, 0.29) is 6.10 Å². The van der Waals surface area contributed by atoms with Gasteiger partial charge >= 0.3 is 0 Å². The van der Waals surface area contributed by atoms with Crippen molar-refractivity contribution in [2.24, 2.45) is 11.7 Å². The summed E-state index contributed by atoms with van der Waals surface area (Å²) in [4.78, 5) is 4.25. The highest BCUT2D eigenvalue weighted by Crippen LogP contribution is 2.31. The Morgan fingerprint density at radius 2 is 2.43 bits per heavy atom. The number of methoxy groups -OCH3 is 1. The van der Waals surface area contributed by atoms with Crippen LogP contribution in [-0.2, 0) is 11.2 Å². The monoisotopic (exact) mass is 197 g/mol. The molecule has 1 unspecified atom stereocenters. The maximum absolute atomic E-state index is 5.49. The van der Waals surface area contributed by atoms with E-state index in [4.69, 9.17) is 15.0 Å². The van der Waals surface area contributed by atoms with Crippen LogP contribution in [-0.4, -0.2) is 23.8 Å². The van der Waals surface area contributed by atoms with Crippen LogP contribution in [0.1, 0.15) is 30.7 Å². The van der Waals surface area contributed by atoms with E-state index in [9.17, 15) is 0 Å². The summed E-state index contributed by atoms with van der Waals surface area (Å²) in [6, 6.07) is 0. The Morgan fingerprint density at radius 1 is 1.64 bits per heavy atom. The van der Waals surface area contributed by atoms with E-state index in [2.05, 4.69) is 10.1 Å². The number of aromatic nitrogens is 2. The average molecular weight is 197 g/mol. The molecule has 2 rings (SSSR count). The summed E-state index contributed by atoms with van der Waals surface area (Å²) >= 11 is 0. The van der Waals surface area contributed by atoms with Crippen molar-refractivity contribution in [1.29, 1.82) is 0 Å². The molecule has 1 aromatic rings. The highest BCUT2D eigenvalue weighted by atomic mass is 16.5. The second-order valence-corrected chi connectivity index (χ2v) is 3.66. The Balaban J connectivity index is 1.99. The smallest absolute Gasteiger partial charge is 0.257 e. The Hall–Kier alpha value is -0.940. The van der Waals surface area contributed by atoms with Crippen molar-refractivity contribution >= 4 is 0 Å². The topological polar surface area (TPSA) is 74.2 Å². The van der Waals surface area contributed by atoms with Gasteiger partial charge in [0.1, 0.15) is 6.10 Å². The minimum Gasteiger partial charge on any atom is -0.370 e. The van der Waals surface area contributed by atoms with Crippen LogP contribution in [0.25, 0.3) is 0 Å². The van der Waals surface area contributed by atoms with Gasteiger partial charge in [0.2, 0.25) is 0 Å². The summed E-state index contributed by atoms with van der Waals surface area (Å²) < 4.78 is 10.2. The predicted octanol–water partition coefficient (Wildman–Crippen LogP) is 0.668. The fourth-order valence-electron chi connectivity index (χ4n) is 1.36. The normalized spacial score (nSPS) is 18.4. The molecule has 0 saturated heterocycles. The second-order valence-electron chi connectivity index (χ2n) is 3.66. The van der Waals surface area contributed by atoms with Crippen LogP contribution in [0.3, 0.4) is 0 Å². The molecule has 1 heterocycles. The van der Waals surface area contributed by atoms with Gasteiger partial charge in [-0.1, -0.05) is 5.16 Å². The van der Waals surface area contributed by atoms with E-state index in [0.717, 1.165) is 18.2 Å². The molecule has 0 aliphatic heterocycles. The van der Waals surface area contributed by atoms with E-state index in [1.165, 1.54) is 12.8 Å². The Kier molecular flexibility index (Phi) is 2.79. The summed E-state index contributed by atoms with van der Waals surface area (Å²) in [6.07, 6.45) is 3.23. The van der Waals surface area contributed by atoms with Crippen LogP contribution in [0, 0.1) is 5.92 Å². The molecular weight excluding hydrogens is 182 g/mol. The highest BCUT2D eigenvalue weighted by molar-refractivity contribution is 4.94. The van der Waals surface area contributed by atoms with Gasteiger partial charge in [-0.15, -0.1) is 0 Å². The Labute approximate surface area is 82.6 Å². The average Bonchev–Trinajstić information content (AvgIpc) is 2.88. The van der Waals surface area contributed by atoms with Crippen molar-refractivity contribution in [1.82, 2.24) is 10.1 Å². The molecule has 0 aromatic carbocycles. The van der Waals surface area contributed by atoms with Gasteiger partial charge in [-0.05, 0) is 18.8 Å². The number of nitrogens with two attached hydrogens (primary N) is 1. The van der Waals surface area contributed by atoms with Crippen LogP contribution < -0.4 is 5.73 Å². The van der Waals surface area contributed by atoms with Crippen LogP contribution in [0.4, 0.5) is 0 Å². The van der Waals surface area contributed by atoms with Gasteiger partial charge in [-0.3, -0.25) is 0 Å². The van der Waals surface area contributed by atoms with Crippen LogP contribution in [0.15, 0.2) is 4.52 Å². The van der Waals surface area contributed by atoms with Gasteiger partial charge in [-0.25, -0.2) is 0 Å². The molecule has 1 aliphatic carbocycles. The lowest BCUT2D eigenvalue weighted by Gasteiger charge is -2.05. The second kappa shape index (κ2) is 4.06. The van der Waals surface area contributed by atoms with E-state index >= 15 is 0 Å². The summed E-state index contributed by atoms with van der Waals surface area (Å²) in [5.74, 6) is 2.03. The predicted molar refractivity (Wildman–Crippen MR) is 49.5 cm³/mol. The van der Waals surface area contributed by atoms with Crippen molar-refractivity contribution < 1.29 is 9.26 Å². The number of rotatable bonds is 5. The molecule has 1 aromatic heterocycles. The van der Waals surface area contributed by atoms with Crippen molar-refractivity contribution in [2.75, 3.05) is 13.7 Å². The van der Waals surface area contributed by atoms with Crippen LogP contribution in [0.2, 0.25) is 0 Å². The SMILES string of the molecule is COC(CN)c1nc(CC2CC2)no1. The van der Waals surface area contributed by atoms with E-state index in [1.54, 1.807) is 7.11 Å². The third-order valence-electron chi connectivity index (χ3n) is 2.43. The molecule has 2 N–H and O–H groups in total. The zero-order valence-electron chi connectivity index (χ0n) is 8.27. The summed E-state index contributed by atoms with van der Waals surface area (Å²) in [5.41, 5.74) is 5.49. The number of hydrogen-bond acceptors (Lipinski definition) is 5. The third-order valence-corrected chi connectivity index (χ3v) is 2.43. The first-order chi connectivity index (χ1) is 6.83. The number of ether oxygens (including phenoxy) is 1. The number of hydrogen-bond donors (Lipinski definition) is 1. The molecule has 78 valence electrons. The van der Waals surface area contributed by atoms with Gasteiger partial charge in [0.25, 0.3) is 5.89 Å². The fourth-order valence-corrected chi connectivity index (χ4v) is 1.36. The molecule has 1 fully saturated rings. The van der Waals surface area contributed by atoms with Crippen molar-refractivity contribution in [2.45, 2.75) is 25.4 Å². The molecule has 5 heteroatoms. The summed E-state index contributed by atoms with van der Waals surface area (Å²) in [5, 5.41) is 3.89. The summed E-state index contributed by atoms with van der Waals surface area (Å²) in [6.45, 7) is 0.363. The lowest BCUT2D eigenvalue weighted by atomic mass is 10.3. The summed E-state index contributed by atoms with van der Waals surface area (Å²) in [7, 11) is 1.59. The first-order valence-electron chi connectivity index (χ1n) is 4.88. The van der Waals surface area contributed by atoms with Crippen molar-refractivity contribution in [3.05, 3.63) is 11.7 Å². The molecule has 0 spiro atoms. The molecule has 0 bridgehead atoms. The minimum absolute atomic E-state index is 0.268. The molecule has 14 heavy (non-hydrogen) atoms. The zero-order valence-corrected chi connectivity index (χ0v) is 8.27. The maximum Gasteiger partial charge on any atom is 0.257 e. The molecule has 1 saturated carbocycles. The number of nitrogens with zero attached hydrogens (tertiary/aromatic N) is 2. The Morgan fingerprint density at radius 3 is 3.00 bits per heavy atom. The highest BCUT2D eigenvalue weighted by Gasteiger charge is 2.25. The van der Waals surface area contributed by atoms with E-state index in [0.29, 0.717) is 12.4 Å². The largest absolute Gasteiger partial charge is 0.370 e. The third kappa shape index (κ3) is 2.10. The molecule has 1 atom stereocenters. The molecule has 5 nitrogen and oxygen atoms in total. The van der Waals surface area contributed by atoms with E-state index < -0.39 is 0 Å². The van der Waals surface area contributed by atoms with Crippen LogP contribution in [0.5, 0.6) is 0 Å².